The number of rotatable bonds is 4. The lowest BCUT2D eigenvalue weighted by molar-refractivity contribution is 0.474. The third-order valence-corrected chi connectivity index (χ3v) is 5.30. The summed E-state index contributed by atoms with van der Waals surface area (Å²) in [6.07, 6.45) is 2.64. The molecule has 0 unspecified atom stereocenters. The Kier molecular flexibility index (Phi) is 3.59. The molecule has 5 heteroatoms. The van der Waals surface area contributed by atoms with Gasteiger partial charge in [0.15, 0.2) is 0 Å². The van der Waals surface area contributed by atoms with E-state index in [1.54, 1.807) is 6.07 Å². The van der Waals surface area contributed by atoms with E-state index in [1.807, 2.05) is 24.4 Å². The Morgan fingerprint density at radius 2 is 1.87 bits per heavy atom. The molecule has 0 aliphatic heterocycles. The fraction of sp³-hybridized carbons (Fsp3) is 0.111. The molecule has 0 saturated carbocycles. The Hall–Kier alpha value is -2.24. The van der Waals surface area contributed by atoms with E-state index in [1.165, 1.54) is 32.7 Å². The van der Waals surface area contributed by atoms with Crippen molar-refractivity contribution in [2.24, 2.45) is 0 Å². The molecule has 0 aliphatic carbocycles. The highest BCUT2D eigenvalue weighted by Crippen LogP contribution is 2.31. The molecule has 3 nitrogen and oxygen atoms in total. The van der Waals surface area contributed by atoms with Crippen molar-refractivity contribution >= 4 is 49.7 Å². The molecule has 0 fully saturated rings. The van der Waals surface area contributed by atoms with Crippen LogP contribution in [0.5, 0.6) is 5.75 Å². The van der Waals surface area contributed by atoms with Gasteiger partial charge in [0.05, 0.1) is 6.20 Å². The van der Waals surface area contributed by atoms with Crippen LogP contribution in [0.1, 0.15) is 12.0 Å². The quantitative estimate of drug-likeness (QED) is 0.430. The number of thiocarbonyl (C=S) groups is 1. The van der Waals surface area contributed by atoms with Crippen LogP contribution in [0, 0.1) is 0 Å². The van der Waals surface area contributed by atoms with Gasteiger partial charge in [-0.15, -0.1) is 0 Å². The molecule has 0 amide bonds. The second kappa shape index (κ2) is 5.76. The van der Waals surface area contributed by atoms with Gasteiger partial charge in [-0.1, -0.05) is 48.6 Å². The number of benzene rings is 2. The van der Waals surface area contributed by atoms with Crippen LogP contribution in [0.25, 0.3) is 21.1 Å². The standard InChI is InChI=1S/C18H14N2OS2/c21-16-8-4-2-6-13(16)17(22)9-10-20-15-7-3-1-5-12(15)14-11-19-23-18(14)20/h1-8,11,21H,9-10H2. The molecule has 0 aliphatic rings. The number of aryl methyl sites for hydroxylation is 1. The molecule has 23 heavy (non-hydrogen) atoms. The van der Waals surface area contributed by atoms with Gasteiger partial charge in [-0.05, 0) is 23.7 Å². The van der Waals surface area contributed by atoms with Gasteiger partial charge in [0.1, 0.15) is 10.6 Å². The Balaban J connectivity index is 1.69. The van der Waals surface area contributed by atoms with Crippen molar-refractivity contribution in [1.29, 1.82) is 0 Å². The van der Waals surface area contributed by atoms with E-state index in [-0.39, 0.29) is 5.75 Å². The maximum Gasteiger partial charge on any atom is 0.124 e. The third-order valence-electron chi connectivity index (χ3n) is 4.05. The van der Waals surface area contributed by atoms with Crippen LogP contribution in [-0.2, 0) is 6.54 Å². The second-order valence-corrected chi connectivity index (χ2v) is 6.68. The second-order valence-electron chi connectivity index (χ2n) is 5.40. The lowest BCUT2D eigenvalue weighted by Crippen LogP contribution is -2.05. The van der Waals surface area contributed by atoms with E-state index in [9.17, 15) is 5.11 Å². The summed E-state index contributed by atoms with van der Waals surface area (Å²) in [5, 5.41) is 12.4. The number of hydrogen-bond donors (Lipinski definition) is 1. The number of fused-ring (bicyclic) bond motifs is 3. The lowest BCUT2D eigenvalue weighted by atomic mass is 10.1. The number of para-hydroxylation sites is 2. The molecule has 2 aromatic carbocycles. The summed E-state index contributed by atoms with van der Waals surface area (Å²) in [5.74, 6) is 0.248. The number of phenolic OH excluding ortho intramolecular Hbond substituents is 1. The molecular weight excluding hydrogens is 324 g/mol. The minimum absolute atomic E-state index is 0.248. The fourth-order valence-electron chi connectivity index (χ4n) is 2.94. The maximum absolute atomic E-state index is 9.95. The van der Waals surface area contributed by atoms with Crippen LogP contribution in [0.4, 0.5) is 0 Å². The SMILES string of the molecule is Oc1ccccc1C(=S)CCn1c2ccccc2c2cnsc21. The zero-order valence-corrected chi connectivity index (χ0v) is 13.9. The Morgan fingerprint density at radius 3 is 2.74 bits per heavy atom. The van der Waals surface area contributed by atoms with Crippen molar-refractivity contribution < 1.29 is 5.11 Å². The van der Waals surface area contributed by atoms with E-state index in [4.69, 9.17) is 12.2 Å². The predicted octanol–water partition coefficient (Wildman–Crippen LogP) is 4.76. The van der Waals surface area contributed by atoms with Gasteiger partial charge in [0.2, 0.25) is 0 Å². The number of hydrogen-bond acceptors (Lipinski definition) is 4. The molecule has 2 aromatic heterocycles. The number of nitrogens with zero attached hydrogens (tertiary/aromatic N) is 2. The van der Waals surface area contributed by atoms with E-state index in [2.05, 4.69) is 33.2 Å². The lowest BCUT2D eigenvalue weighted by Gasteiger charge is -2.09. The summed E-state index contributed by atoms with van der Waals surface area (Å²) in [7, 11) is 0. The largest absolute Gasteiger partial charge is 0.507 e. The summed E-state index contributed by atoms with van der Waals surface area (Å²) >= 11 is 7.03. The van der Waals surface area contributed by atoms with Crippen molar-refractivity contribution in [3.05, 3.63) is 60.3 Å². The normalized spacial score (nSPS) is 11.3. The zero-order valence-electron chi connectivity index (χ0n) is 12.3. The maximum atomic E-state index is 9.95. The van der Waals surface area contributed by atoms with Gasteiger partial charge in [0, 0.05) is 39.7 Å². The summed E-state index contributed by atoms with van der Waals surface area (Å²) in [6.45, 7) is 0.777. The summed E-state index contributed by atoms with van der Waals surface area (Å²) in [4.78, 5) is 1.95. The minimum Gasteiger partial charge on any atom is -0.507 e. The van der Waals surface area contributed by atoms with Crippen LogP contribution in [0.15, 0.2) is 54.7 Å². The molecular formula is C18H14N2OS2. The molecule has 0 saturated heterocycles. The van der Waals surface area contributed by atoms with Crippen molar-refractivity contribution in [1.82, 2.24) is 8.94 Å². The molecule has 0 atom stereocenters. The molecule has 2 heterocycles. The molecule has 4 rings (SSSR count). The first-order chi connectivity index (χ1) is 11.3. The van der Waals surface area contributed by atoms with E-state index in [0.717, 1.165) is 17.0 Å². The number of aromatic hydroxyl groups is 1. The van der Waals surface area contributed by atoms with Gasteiger partial charge in [0.25, 0.3) is 0 Å². The zero-order chi connectivity index (χ0) is 15.8. The van der Waals surface area contributed by atoms with Crippen molar-refractivity contribution in [2.45, 2.75) is 13.0 Å². The van der Waals surface area contributed by atoms with Gasteiger partial charge in [-0.2, -0.15) is 4.37 Å². The first-order valence-corrected chi connectivity index (χ1v) is 8.56. The van der Waals surface area contributed by atoms with Crippen molar-refractivity contribution in [3.8, 4) is 5.75 Å². The van der Waals surface area contributed by atoms with Crippen molar-refractivity contribution in [2.75, 3.05) is 0 Å². The van der Waals surface area contributed by atoms with E-state index < -0.39 is 0 Å². The summed E-state index contributed by atoms with van der Waals surface area (Å²) in [6, 6.07) is 15.6. The summed E-state index contributed by atoms with van der Waals surface area (Å²) in [5.41, 5.74) is 1.95. The van der Waals surface area contributed by atoms with E-state index in [0.29, 0.717) is 6.42 Å². The minimum atomic E-state index is 0.248. The van der Waals surface area contributed by atoms with Gasteiger partial charge < -0.3 is 9.67 Å². The van der Waals surface area contributed by atoms with Crippen LogP contribution >= 0.6 is 23.8 Å². The highest BCUT2D eigenvalue weighted by atomic mass is 32.1. The van der Waals surface area contributed by atoms with Gasteiger partial charge in [-0.3, -0.25) is 0 Å². The first kappa shape index (κ1) is 14.4. The summed E-state index contributed by atoms with van der Waals surface area (Å²) < 4.78 is 6.59. The van der Waals surface area contributed by atoms with Crippen LogP contribution < -0.4 is 0 Å². The van der Waals surface area contributed by atoms with Gasteiger partial charge in [-0.25, -0.2) is 0 Å². The third kappa shape index (κ3) is 2.42. The molecule has 4 aromatic rings. The average Bonchev–Trinajstić information content (AvgIpc) is 3.14. The first-order valence-electron chi connectivity index (χ1n) is 7.38. The van der Waals surface area contributed by atoms with Crippen LogP contribution in [0.2, 0.25) is 0 Å². The highest BCUT2D eigenvalue weighted by molar-refractivity contribution is 7.80. The Labute approximate surface area is 143 Å². The molecule has 0 bridgehead atoms. The number of aromatic nitrogens is 2. The topological polar surface area (TPSA) is 38.0 Å². The highest BCUT2D eigenvalue weighted by Gasteiger charge is 2.13. The molecule has 0 radical (unpaired) electrons. The Bertz CT molecular complexity index is 1020. The average molecular weight is 338 g/mol. The Morgan fingerprint density at radius 1 is 1.09 bits per heavy atom. The predicted molar refractivity (Wildman–Crippen MR) is 99.5 cm³/mol. The van der Waals surface area contributed by atoms with Crippen molar-refractivity contribution in [3.63, 3.8) is 0 Å². The molecule has 114 valence electrons. The molecule has 1 N–H and O–H groups in total. The fourth-order valence-corrected chi connectivity index (χ4v) is 4.01. The molecule has 0 spiro atoms. The monoisotopic (exact) mass is 338 g/mol. The van der Waals surface area contributed by atoms with Crippen LogP contribution in [-0.4, -0.2) is 18.9 Å². The van der Waals surface area contributed by atoms with Gasteiger partial charge >= 0.3 is 0 Å². The van der Waals surface area contributed by atoms with Crippen LogP contribution in [0.3, 0.4) is 0 Å². The van der Waals surface area contributed by atoms with E-state index >= 15 is 0 Å². The smallest absolute Gasteiger partial charge is 0.124 e. The number of phenols is 1.